The number of hydrogen-bond acceptors (Lipinski definition) is 6. The number of pyridine rings is 1. The summed E-state index contributed by atoms with van der Waals surface area (Å²) >= 11 is 0. The summed E-state index contributed by atoms with van der Waals surface area (Å²) in [4.78, 5) is 34.1. The molecule has 192 valence electrons. The lowest BCUT2D eigenvalue weighted by atomic mass is 9.95. The van der Waals surface area contributed by atoms with E-state index in [1.807, 2.05) is 54.6 Å². The maximum Gasteiger partial charge on any atom is 0.251 e. The number of rotatable bonds is 7. The second-order valence-corrected chi connectivity index (χ2v) is 9.65. The maximum absolute atomic E-state index is 14.1. The van der Waals surface area contributed by atoms with Crippen LogP contribution in [0, 0.1) is 0 Å². The van der Waals surface area contributed by atoms with Gasteiger partial charge in [-0.05, 0) is 49.2 Å². The molecule has 0 bridgehead atoms. The third-order valence-corrected chi connectivity index (χ3v) is 7.10. The largest absolute Gasteiger partial charge is 0.467 e. The predicted molar refractivity (Wildman–Crippen MR) is 143 cm³/mol. The molecule has 9 heteroatoms. The molecule has 0 radical (unpaired) electrons. The van der Waals surface area contributed by atoms with Crippen LogP contribution in [-0.4, -0.2) is 37.8 Å². The molecular formula is C29H28N6O3. The Labute approximate surface area is 219 Å². The first-order chi connectivity index (χ1) is 18.7. The highest BCUT2D eigenvalue weighted by Crippen LogP contribution is 2.31. The molecule has 3 heterocycles. The number of amides is 2. The molecule has 1 fully saturated rings. The Morgan fingerprint density at radius 3 is 2.61 bits per heavy atom. The lowest BCUT2D eigenvalue weighted by Crippen LogP contribution is -2.48. The number of aromatic nitrogens is 4. The summed E-state index contributed by atoms with van der Waals surface area (Å²) in [6.07, 6.45) is 8.32. The van der Waals surface area contributed by atoms with Gasteiger partial charge in [-0.3, -0.25) is 19.5 Å². The van der Waals surface area contributed by atoms with Crippen molar-refractivity contribution < 1.29 is 14.0 Å². The summed E-state index contributed by atoms with van der Waals surface area (Å²) in [7, 11) is 0. The van der Waals surface area contributed by atoms with Crippen LogP contribution < -0.4 is 10.2 Å². The molecule has 3 aromatic heterocycles. The first-order valence-electron chi connectivity index (χ1n) is 13.0. The standard InChI is InChI=1S/C29H28N6O3/c36-27(19-34-25-14-7-6-13-24(25)32-33-34)35(22-17-20-9-4-5-12-23(20)30-18-22)28(26-15-8-16-38-26)29(37)31-21-10-2-1-3-11-21/h4-9,12-18,21,28H,1-3,10-11,19H2,(H,31,37). The van der Waals surface area contributed by atoms with Crippen LogP contribution in [0.4, 0.5) is 5.69 Å². The van der Waals surface area contributed by atoms with Gasteiger partial charge in [-0.1, -0.05) is 54.8 Å². The fraction of sp³-hybridized carbons (Fsp3) is 0.276. The van der Waals surface area contributed by atoms with Gasteiger partial charge in [-0.2, -0.15) is 0 Å². The SMILES string of the molecule is O=C(NC1CCCCC1)C(c1ccco1)N(C(=O)Cn1nnc2ccccc21)c1cnc2ccccc2c1. The Kier molecular flexibility index (Phi) is 6.56. The van der Waals surface area contributed by atoms with Crippen LogP contribution in [0.2, 0.25) is 0 Å². The highest BCUT2D eigenvalue weighted by atomic mass is 16.3. The zero-order valence-electron chi connectivity index (χ0n) is 20.9. The zero-order valence-corrected chi connectivity index (χ0v) is 20.9. The van der Waals surface area contributed by atoms with E-state index >= 15 is 0 Å². The third-order valence-electron chi connectivity index (χ3n) is 7.10. The monoisotopic (exact) mass is 508 g/mol. The van der Waals surface area contributed by atoms with Gasteiger partial charge in [0.1, 0.15) is 17.8 Å². The topological polar surface area (TPSA) is 106 Å². The van der Waals surface area contributed by atoms with Gasteiger partial charge in [0, 0.05) is 11.4 Å². The van der Waals surface area contributed by atoms with E-state index in [4.69, 9.17) is 4.42 Å². The molecule has 2 amide bonds. The van der Waals surface area contributed by atoms with Gasteiger partial charge in [-0.25, -0.2) is 4.68 Å². The van der Waals surface area contributed by atoms with Crippen LogP contribution in [0.5, 0.6) is 0 Å². The number of nitrogens with zero attached hydrogens (tertiary/aromatic N) is 5. The van der Waals surface area contributed by atoms with Gasteiger partial charge in [0.05, 0.1) is 29.2 Å². The molecule has 2 aromatic carbocycles. The number of furan rings is 1. The summed E-state index contributed by atoms with van der Waals surface area (Å²) in [6.45, 7) is -0.110. The van der Waals surface area contributed by atoms with Gasteiger partial charge >= 0.3 is 0 Å². The first-order valence-corrected chi connectivity index (χ1v) is 13.0. The molecule has 0 aliphatic heterocycles. The van der Waals surface area contributed by atoms with Gasteiger partial charge in [0.2, 0.25) is 5.91 Å². The van der Waals surface area contributed by atoms with E-state index in [0.717, 1.165) is 42.1 Å². The van der Waals surface area contributed by atoms with Crippen molar-refractivity contribution in [3.63, 3.8) is 0 Å². The van der Waals surface area contributed by atoms with Gasteiger partial charge in [0.15, 0.2) is 6.04 Å². The number of benzene rings is 2. The fourth-order valence-electron chi connectivity index (χ4n) is 5.21. The normalized spacial score (nSPS) is 14.9. The molecule has 1 aliphatic rings. The second kappa shape index (κ2) is 10.5. The van der Waals surface area contributed by atoms with Crippen molar-refractivity contribution in [3.8, 4) is 0 Å². The Morgan fingerprint density at radius 2 is 1.79 bits per heavy atom. The lowest BCUT2D eigenvalue weighted by molar-refractivity contribution is -0.128. The van der Waals surface area contributed by atoms with E-state index in [0.29, 0.717) is 17.0 Å². The van der Waals surface area contributed by atoms with E-state index in [9.17, 15) is 9.59 Å². The number of fused-ring (bicyclic) bond motifs is 2. The Hall–Kier alpha value is -4.53. The number of carbonyl (C=O) groups is 2. The first kappa shape index (κ1) is 23.8. The minimum atomic E-state index is -1.02. The van der Waals surface area contributed by atoms with Crippen LogP contribution in [0.15, 0.2) is 83.6 Å². The highest BCUT2D eigenvalue weighted by Gasteiger charge is 2.36. The Balaban J connectivity index is 1.42. The average molecular weight is 509 g/mol. The van der Waals surface area contributed by atoms with Crippen LogP contribution >= 0.6 is 0 Å². The van der Waals surface area contributed by atoms with Crippen molar-refractivity contribution in [2.45, 2.75) is 50.7 Å². The number of carbonyl (C=O) groups excluding carboxylic acids is 2. The molecule has 0 saturated heterocycles. The minimum Gasteiger partial charge on any atom is -0.467 e. The van der Waals surface area contributed by atoms with E-state index in [1.54, 1.807) is 23.0 Å². The van der Waals surface area contributed by atoms with Crippen LogP contribution in [-0.2, 0) is 16.1 Å². The fourth-order valence-corrected chi connectivity index (χ4v) is 5.21. The molecule has 1 aliphatic carbocycles. The highest BCUT2D eigenvalue weighted by molar-refractivity contribution is 6.02. The number of nitrogens with one attached hydrogen (secondary N) is 1. The summed E-state index contributed by atoms with van der Waals surface area (Å²) in [5, 5.41) is 12.4. The maximum atomic E-state index is 14.1. The summed E-state index contributed by atoms with van der Waals surface area (Å²) < 4.78 is 7.29. The van der Waals surface area contributed by atoms with Crippen LogP contribution in [0.1, 0.15) is 43.9 Å². The summed E-state index contributed by atoms with van der Waals surface area (Å²) in [6, 6.07) is 19.5. The molecule has 6 rings (SSSR count). The molecule has 1 saturated carbocycles. The van der Waals surface area contributed by atoms with Crippen molar-refractivity contribution in [2.75, 3.05) is 4.90 Å². The Bertz CT molecular complexity index is 1570. The van der Waals surface area contributed by atoms with Crippen LogP contribution in [0.3, 0.4) is 0 Å². The van der Waals surface area contributed by atoms with Gasteiger partial charge < -0.3 is 9.73 Å². The molecule has 1 N–H and O–H groups in total. The van der Waals surface area contributed by atoms with E-state index in [-0.39, 0.29) is 24.4 Å². The number of anilines is 1. The van der Waals surface area contributed by atoms with E-state index in [2.05, 4.69) is 20.6 Å². The summed E-state index contributed by atoms with van der Waals surface area (Å²) in [5.74, 6) is -0.238. The second-order valence-electron chi connectivity index (χ2n) is 9.65. The van der Waals surface area contributed by atoms with Gasteiger partial charge in [-0.15, -0.1) is 5.10 Å². The predicted octanol–water partition coefficient (Wildman–Crippen LogP) is 4.80. The third kappa shape index (κ3) is 4.74. The van der Waals surface area contributed by atoms with Crippen molar-refractivity contribution in [2.24, 2.45) is 0 Å². The van der Waals surface area contributed by atoms with E-state index in [1.165, 1.54) is 17.6 Å². The summed E-state index contributed by atoms with van der Waals surface area (Å²) in [5.41, 5.74) is 2.72. The Morgan fingerprint density at radius 1 is 1.00 bits per heavy atom. The smallest absolute Gasteiger partial charge is 0.251 e. The molecule has 38 heavy (non-hydrogen) atoms. The molecule has 1 atom stereocenters. The molecule has 5 aromatic rings. The van der Waals surface area contributed by atoms with Gasteiger partial charge in [0.25, 0.3) is 5.91 Å². The number of hydrogen-bond donors (Lipinski definition) is 1. The molecule has 0 spiro atoms. The minimum absolute atomic E-state index is 0.0691. The molecule has 1 unspecified atom stereocenters. The average Bonchev–Trinajstić information content (AvgIpc) is 3.62. The van der Waals surface area contributed by atoms with Crippen molar-refractivity contribution >= 4 is 39.4 Å². The zero-order chi connectivity index (χ0) is 25.9. The van der Waals surface area contributed by atoms with E-state index < -0.39 is 6.04 Å². The van der Waals surface area contributed by atoms with Crippen molar-refractivity contribution in [1.82, 2.24) is 25.3 Å². The molecule has 9 nitrogen and oxygen atoms in total. The number of para-hydroxylation sites is 2. The van der Waals surface area contributed by atoms with Crippen LogP contribution in [0.25, 0.3) is 21.9 Å². The lowest BCUT2D eigenvalue weighted by Gasteiger charge is -2.32. The van der Waals surface area contributed by atoms with Crippen molar-refractivity contribution in [1.29, 1.82) is 0 Å². The quantitative estimate of drug-likeness (QED) is 0.339. The van der Waals surface area contributed by atoms with Crippen molar-refractivity contribution in [3.05, 3.63) is 85.0 Å². The molecular weight excluding hydrogens is 480 g/mol.